The van der Waals surface area contributed by atoms with Crippen LogP contribution in [-0.2, 0) is 14.2 Å². The Balaban J connectivity index is 3.36. The third-order valence-corrected chi connectivity index (χ3v) is 2.38. The van der Waals surface area contributed by atoms with Gasteiger partial charge in [0.2, 0.25) is 0 Å². The van der Waals surface area contributed by atoms with Gasteiger partial charge in [0.05, 0.1) is 25.9 Å². The molecule has 0 fully saturated rings. The van der Waals surface area contributed by atoms with E-state index in [2.05, 4.69) is 0 Å². The van der Waals surface area contributed by atoms with E-state index in [9.17, 15) is 0 Å². The second kappa shape index (κ2) is 9.79. The van der Waals surface area contributed by atoms with E-state index in [-0.39, 0.29) is 12.7 Å². The lowest BCUT2D eigenvalue weighted by atomic mass is 9.97. The van der Waals surface area contributed by atoms with Crippen LogP contribution in [0.2, 0.25) is 0 Å². The van der Waals surface area contributed by atoms with Crippen LogP contribution in [0.3, 0.4) is 0 Å². The van der Waals surface area contributed by atoms with Gasteiger partial charge in [0, 0.05) is 25.9 Å². The fourth-order valence-corrected chi connectivity index (χ4v) is 1.47. The SMILES string of the molecule is COCCOCCCOC(C)CC(C)(N)CO. The van der Waals surface area contributed by atoms with Gasteiger partial charge < -0.3 is 25.1 Å². The zero-order valence-corrected chi connectivity index (χ0v) is 11.3. The van der Waals surface area contributed by atoms with Crippen molar-refractivity contribution in [1.82, 2.24) is 0 Å². The van der Waals surface area contributed by atoms with Crippen molar-refractivity contribution in [2.24, 2.45) is 5.73 Å². The van der Waals surface area contributed by atoms with Gasteiger partial charge in [-0.3, -0.25) is 0 Å². The van der Waals surface area contributed by atoms with Crippen LogP contribution in [-0.4, -0.2) is 56.9 Å². The maximum absolute atomic E-state index is 9.02. The summed E-state index contributed by atoms with van der Waals surface area (Å²) in [5.41, 5.74) is 5.27. The summed E-state index contributed by atoms with van der Waals surface area (Å²) in [6, 6.07) is 0. The van der Waals surface area contributed by atoms with Gasteiger partial charge in [-0.1, -0.05) is 0 Å². The standard InChI is InChI=1S/C12H27NO4/c1-11(9-12(2,13)10-14)17-6-4-5-16-8-7-15-3/h11,14H,4-10,13H2,1-3H3. The minimum Gasteiger partial charge on any atom is -0.394 e. The molecule has 0 spiro atoms. The second-order valence-electron chi connectivity index (χ2n) is 4.66. The molecule has 2 atom stereocenters. The average Bonchev–Trinajstić information content (AvgIpc) is 2.27. The molecule has 0 aliphatic heterocycles. The lowest BCUT2D eigenvalue weighted by Crippen LogP contribution is -2.43. The summed E-state index contributed by atoms with van der Waals surface area (Å²) in [6.07, 6.45) is 1.55. The van der Waals surface area contributed by atoms with E-state index >= 15 is 0 Å². The normalized spacial score (nSPS) is 16.8. The van der Waals surface area contributed by atoms with Gasteiger partial charge in [0.1, 0.15) is 0 Å². The molecule has 3 N–H and O–H groups in total. The van der Waals surface area contributed by atoms with Crippen LogP contribution < -0.4 is 5.73 Å². The van der Waals surface area contributed by atoms with Gasteiger partial charge >= 0.3 is 0 Å². The predicted molar refractivity (Wildman–Crippen MR) is 67.0 cm³/mol. The summed E-state index contributed by atoms with van der Waals surface area (Å²) in [5.74, 6) is 0. The van der Waals surface area contributed by atoms with E-state index in [0.29, 0.717) is 32.8 Å². The third kappa shape index (κ3) is 10.7. The van der Waals surface area contributed by atoms with Crippen molar-refractivity contribution in [3.8, 4) is 0 Å². The Labute approximate surface area is 104 Å². The van der Waals surface area contributed by atoms with Crippen molar-refractivity contribution >= 4 is 0 Å². The Kier molecular flexibility index (Phi) is 9.68. The fraction of sp³-hybridized carbons (Fsp3) is 1.00. The molecule has 0 heterocycles. The minimum absolute atomic E-state index is 0.0270. The van der Waals surface area contributed by atoms with E-state index in [1.165, 1.54) is 0 Å². The van der Waals surface area contributed by atoms with Crippen molar-refractivity contribution in [2.75, 3.05) is 40.1 Å². The van der Waals surface area contributed by atoms with Crippen LogP contribution >= 0.6 is 0 Å². The highest BCUT2D eigenvalue weighted by molar-refractivity contribution is 4.79. The summed E-state index contributed by atoms with van der Waals surface area (Å²) in [7, 11) is 1.65. The van der Waals surface area contributed by atoms with Crippen LogP contribution in [0.4, 0.5) is 0 Å². The Morgan fingerprint density at radius 3 is 2.53 bits per heavy atom. The average molecular weight is 249 g/mol. The quantitative estimate of drug-likeness (QED) is 0.523. The van der Waals surface area contributed by atoms with Gasteiger partial charge in [0.15, 0.2) is 0 Å². The first-order valence-electron chi connectivity index (χ1n) is 6.10. The molecule has 2 unspecified atom stereocenters. The van der Waals surface area contributed by atoms with Crippen LogP contribution in [0, 0.1) is 0 Å². The Bertz CT molecular complexity index is 176. The number of aliphatic hydroxyl groups is 1. The van der Waals surface area contributed by atoms with Crippen LogP contribution in [0.1, 0.15) is 26.7 Å². The molecule has 0 saturated heterocycles. The van der Waals surface area contributed by atoms with Crippen LogP contribution in [0.5, 0.6) is 0 Å². The summed E-state index contributed by atoms with van der Waals surface area (Å²) >= 11 is 0. The second-order valence-corrected chi connectivity index (χ2v) is 4.66. The first kappa shape index (κ1) is 16.8. The molecule has 0 aliphatic rings. The third-order valence-electron chi connectivity index (χ3n) is 2.38. The highest BCUT2D eigenvalue weighted by atomic mass is 16.5. The maximum atomic E-state index is 9.02. The number of methoxy groups -OCH3 is 1. The molecule has 0 amide bonds. The van der Waals surface area contributed by atoms with Crippen molar-refractivity contribution in [2.45, 2.75) is 38.3 Å². The molecule has 0 aromatic carbocycles. The number of ether oxygens (including phenoxy) is 3. The molecule has 0 saturated carbocycles. The summed E-state index contributed by atoms with van der Waals surface area (Å²) in [5, 5.41) is 9.02. The van der Waals surface area contributed by atoms with Crippen molar-refractivity contribution < 1.29 is 19.3 Å². The molecule has 0 aliphatic carbocycles. The smallest absolute Gasteiger partial charge is 0.0700 e. The van der Waals surface area contributed by atoms with Gasteiger partial charge in [-0.15, -0.1) is 0 Å². The first-order valence-corrected chi connectivity index (χ1v) is 6.10. The number of hydrogen-bond acceptors (Lipinski definition) is 5. The maximum Gasteiger partial charge on any atom is 0.0700 e. The highest BCUT2D eigenvalue weighted by Crippen LogP contribution is 2.10. The van der Waals surface area contributed by atoms with E-state index in [1.54, 1.807) is 7.11 Å². The fourth-order valence-electron chi connectivity index (χ4n) is 1.47. The monoisotopic (exact) mass is 249 g/mol. The lowest BCUT2D eigenvalue weighted by molar-refractivity contribution is 0.0152. The Morgan fingerprint density at radius 1 is 1.24 bits per heavy atom. The number of rotatable bonds is 11. The molecular formula is C12H27NO4. The van der Waals surface area contributed by atoms with Crippen molar-refractivity contribution in [3.05, 3.63) is 0 Å². The van der Waals surface area contributed by atoms with Crippen molar-refractivity contribution in [1.29, 1.82) is 0 Å². The molecule has 0 rings (SSSR count). The van der Waals surface area contributed by atoms with Gasteiger partial charge in [-0.2, -0.15) is 0 Å². The van der Waals surface area contributed by atoms with Gasteiger partial charge in [-0.05, 0) is 26.7 Å². The zero-order chi connectivity index (χ0) is 13.1. The first-order chi connectivity index (χ1) is 8.02. The number of nitrogens with two attached hydrogens (primary N) is 1. The highest BCUT2D eigenvalue weighted by Gasteiger charge is 2.20. The number of hydrogen-bond donors (Lipinski definition) is 2. The van der Waals surface area contributed by atoms with Crippen LogP contribution in [0.15, 0.2) is 0 Å². The minimum atomic E-state index is -0.561. The van der Waals surface area contributed by atoms with E-state index in [4.69, 9.17) is 25.1 Å². The van der Waals surface area contributed by atoms with Gasteiger partial charge in [-0.25, -0.2) is 0 Å². The molecule has 0 aromatic rings. The molecule has 5 heteroatoms. The Hall–Kier alpha value is -0.200. The molecule has 0 radical (unpaired) electrons. The molecule has 5 nitrogen and oxygen atoms in total. The molecule has 104 valence electrons. The van der Waals surface area contributed by atoms with Crippen molar-refractivity contribution in [3.63, 3.8) is 0 Å². The van der Waals surface area contributed by atoms with E-state index in [0.717, 1.165) is 6.42 Å². The molecular weight excluding hydrogens is 222 g/mol. The summed E-state index contributed by atoms with van der Waals surface area (Å²) in [6.45, 7) is 6.33. The number of aliphatic hydroxyl groups excluding tert-OH is 1. The molecule has 0 aromatic heterocycles. The Morgan fingerprint density at radius 2 is 1.94 bits per heavy atom. The summed E-state index contributed by atoms with van der Waals surface area (Å²) < 4.78 is 15.8. The molecule has 17 heavy (non-hydrogen) atoms. The van der Waals surface area contributed by atoms with Gasteiger partial charge in [0.25, 0.3) is 0 Å². The van der Waals surface area contributed by atoms with E-state index < -0.39 is 5.54 Å². The molecule has 0 bridgehead atoms. The zero-order valence-electron chi connectivity index (χ0n) is 11.3. The lowest BCUT2D eigenvalue weighted by Gasteiger charge is -2.25. The topological polar surface area (TPSA) is 73.9 Å². The largest absolute Gasteiger partial charge is 0.394 e. The van der Waals surface area contributed by atoms with E-state index in [1.807, 2.05) is 13.8 Å². The predicted octanol–water partition coefficient (Wildman–Crippen LogP) is 0.544. The van der Waals surface area contributed by atoms with Crippen LogP contribution in [0.25, 0.3) is 0 Å². The summed E-state index contributed by atoms with van der Waals surface area (Å²) in [4.78, 5) is 0.